The average Bonchev–Trinajstić information content (AvgIpc) is 2.31. The summed E-state index contributed by atoms with van der Waals surface area (Å²) in [5.74, 6) is 0.441. The number of nitrogens with zero attached hydrogens (tertiary/aromatic N) is 2. The number of nitrogens with one attached hydrogen (secondary N) is 1. The minimum absolute atomic E-state index is 0.441. The number of hydrogen-bond acceptors (Lipinski definition) is 3. The number of aryl methyl sites for hydroxylation is 2. The van der Waals surface area contributed by atoms with Gasteiger partial charge in [-0.1, -0.05) is 20.3 Å². The van der Waals surface area contributed by atoms with Crippen LogP contribution in [-0.4, -0.2) is 15.9 Å². The molecule has 3 nitrogen and oxygen atoms in total. The Bertz CT molecular complexity index is 360. The van der Waals surface area contributed by atoms with Gasteiger partial charge in [-0.15, -0.1) is 0 Å². The average molecular weight is 233 g/mol. The number of hydrogen-bond donors (Lipinski definition) is 1. The SMILES string of the molecule is CCCC(C)C(=N)CCCc1ccnnc1C. The van der Waals surface area contributed by atoms with Crippen molar-refractivity contribution >= 4 is 5.71 Å². The largest absolute Gasteiger partial charge is 0.309 e. The van der Waals surface area contributed by atoms with E-state index in [1.807, 2.05) is 13.0 Å². The zero-order valence-electron chi connectivity index (χ0n) is 11.2. The lowest BCUT2D eigenvalue weighted by molar-refractivity contribution is 0.644. The van der Waals surface area contributed by atoms with Crippen LogP contribution in [0.5, 0.6) is 0 Å². The highest BCUT2D eigenvalue weighted by atomic mass is 15.1. The van der Waals surface area contributed by atoms with Gasteiger partial charge >= 0.3 is 0 Å². The zero-order chi connectivity index (χ0) is 12.7. The van der Waals surface area contributed by atoms with Crippen LogP contribution in [0.3, 0.4) is 0 Å². The molecule has 3 heteroatoms. The van der Waals surface area contributed by atoms with Crippen LogP contribution in [0.4, 0.5) is 0 Å². The van der Waals surface area contributed by atoms with Gasteiger partial charge in [0.15, 0.2) is 0 Å². The lowest BCUT2D eigenvalue weighted by Gasteiger charge is -2.11. The van der Waals surface area contributed by atoms with Crippen LogP contribution < -0.4 is 0 Å². The molecule has 1 N–H and O–H groups in total. The van der Waals surface area contributed by atoms with Crippen molar-refractivity contribution in [3.8, 4) is 0 Å². The molecule has 0 amide bonds. The molecular formula is C14H23N3. The summed E-state index contributed by atoms with van der Waals surface area (Å²) in [5, 5.41) is 15.9. The standard InChI is InChI=1S/C14H23N3/c1-4-6-11(2)14(15)8-5-7-13-9-10-16-17-12(13)3/h9-11,15H,4-8H2,1-3H3. The van der Waals surface area contributed by atoms with E-state index in [-0.39, 0.29) is 0 Å². The summed E-state index contributed by atoms with van der Waals surface area (Å²) >= 11 is 0. The minimum Gasteiger partial charge on any atom is -0.309 e. The molecule has 94 valence electrons. The molecule has 17 heavy (non-hydrogen) atoms. The molecule has 0 aromatic carbocycles. The van der Waals surface area contributed by atoms with Gasteiger partial charge in [0.05, 0.1) is 5.69 Å². The summed E-state index contributed by atoms with van der Waals surface area (Å²) in [6, 6.07) is 2.03. The molecule has 0 spiro atoms. The predicted octanol–water partition coefficient (Wildman–Crippen LogP) is 3.56. The van der Waals surface area contributed by atoms with Gasteiger partial charge in [0.1, 0.15) is 0 Å². The van der Waals surface area contributed by atoms with Crippen molar-refractivity contribution in [3.05, 3.63) is 23.5 Å². The fraction of sp³-hybridized carbons (Fsp3) is 0.643. The Morgan fingerprint density at radius 3 is 2.88 bits per heavy atom. The quantitative estimate of drug-likeness (QED) is 0.732. The lowest BCUT2D eigenvalue weighted by atomic mass is 9.95. The van der Waals surface area contributed by atoms with E-state index >= 15 is 0 Å². The van der Waals surface area contributed by atoms with Crippen LogP contribution in [-0.2, 0) is 6.42 Å². The third kappa shape index (κ3) is 4.63. The lowest BCUT2D eigenvalue weighted by Crippen LogP contribution is -2.10. The molecule has 0 saturated heterocycles. The van der Waals surface area contributed by atoms with Crippen LogP contribution in [0.2, 0.25) is 0 Å². The maximum Gasteiger partial charge on any atom is 0.0632 e. The molecule has 1 atom stereocenters. The second-order valence-electron chi connectivity index (χ2n) is 4.71. The molecule has 1 aromatic heterocycles. The maximum absolute atomic E-state index is 7.99. The zero-order valence-corrected chi connectivity index (χ0v) is 11.2. The van der Waals surface area contributed by atoms with Gasteiger partial charge < -0.3 is 5.41 Å². The van der Waals surface area contributed by atoms with Crippen LogP contribution >= 0.6 is 0 Å². The Hall–Kier alpha value is -1.25. The van der Waals surface area contributed by atoms with Crippen LogP contribution in [0, 0.1) is 18.3 Å². The van der Waals surface area contributed by atoms with Crippen molar-refractivity contribution < 1.29 is 0 Å². The van der Waals surface area contributed by atoms with E-state index in [9.17, 15) is 0 Å². The van der Waals surface area contributed by atoms with Gasteiger partial charge in [0.2, 0.25) is 0 Å². The van der Waals surface area contributed by atoms with E-state index < -0.39 is 0 Å². The Labute approximate surface area is 104 Å². The van der Waals surface area contributed by atoms with Crippen molar-refractivity contribution in [3.63, 3.8) is 0 Å². The van der Waals surface area contributed by atoms with Crippen molar-refractivity contribution in [2.45, 2.75) is 52.9 Å². The molecule has 1 unspecified atom stereocenters. The molecule has 1 heterocycles. The first-order chi connectivity index (χ1) is 8.15. The number of rotatable bonds is 7. The summed E-state index contributed by atoms with van der Waals surface area (Å²) in [5.41, 5.74) is 3.17. The van der Waals surface area contributed by atoms with Crippen LogP contribution in [0.15, 0.2) is 12.3 Å². The number of aromatic nitrogens is 2. The third-order valence-electron chi connectivity index (χ3n) is 3.22. The predicted molar refractivity (Wildman–Crippen MR) is 71.5 cm³/mol. The van der Waals surface area contributed by atoms with Crippen molar-refractivity contribution in [2.24, 2.45) is 5.92 Å². The molecule has 0 bridgehead atoms. The summed E-state index contributed by atoms with van der Waals surface area (Å²) < 4.78 is 0. The van der Waals surface area contributed by atoms with Crippen molar-refractivity contribution in [2.75, 3.05) is 0 Å². The van der Waals surface area contributed by atoms with E-state index in [0.717, 1.165) is 43.5 Å². The van der Waals surface area contributed by atoms with Gasteiger partial charge in [0, 0.05) is 11.9 Å². The van der Waals surface area contributed by atoms with E-state index in [4.69, 9.17) is 5.41 Å². The highest BCUT2D eigenvalue weighted by molar-refractivity contribution is 5.83. The molecule has 0 aliphatic carbocycles. The molecule has 0 radical (unpaired) electrons. The molecule has 0 aliphatic heterocycles. The summed E-state index contributed by atoms with van der Waals surface area (Å²) in [4.78, 5) is 0. The van der Waals surface area contributed by atoms with Gasteiger partial charge in [-0.2, -0.15) is 10.2 Å². The third-order valence-corrected chi connectivity index (χ3v) is 3.22. The maximum atomic E-state index is 7.99. The van der Waals surface area contributed by atoms with Crippen molar-refractivity contribution in [1.29, 1.82) is 5.41 Å². The van der Waals surface area contributed by atoms with E-state index in [2.05, 4.69) is 24.0 Å². The monoisotopic (exact) mass is 233 g/mol. The highest BCUT2D eigenvalue weighted by Crippen LogP contribution is 2.13. The molecule has 0 fully saturated rings. The van der Waals surface area contributed by atoms with Crippen molar-refractivity contribution in [1.82, 2.24) is 10.2 Å². The van der Waals surface area contributed by atoms with Gasteiger partial charge in [-0.25, -0.2) is 0 Å². The fourth-order valence-corrected chi connectivity index (χ4v) is 2.02. The Morgan fingerprint density at radius 2 is 2.24 bits per heavy atom. The van der Waals surface area contributed by atoms with E-state index in [1.165, 1.54) is 5.56 Å². The molecule has 1 rings (SSSR count). The summed E-state index contributed by atoms with van der Waals surface area (Å²) in [7, 11) is 0. The van der Waals surface area contributed by atoms with Gasteiger partial charge in [-0.05, 0) is 50.2 Å². The second kappa shape index (κ2) is 7.15. The first kappa shape index (κ1) is 13.8. The fourth-order valence-electron chi connectivity index (χ4n) is 2.02. The minimum atomic E-state index is 0.441. The normalized spacial score (nSPS) is 12.4. The topological polar surface area (TPSA) is 49.6 Å². The molecule has 0 aliphatic rings. The first-order valence-corrected chi connectivity index (χ1v) is 6.49. The van der Waals surface area contributed by atoms with Gasteiger partial charge in [-0.3, -0.25) is 0 Å². The van der Waals surface area contributed by atoms with E-state index in [0.29, 0.717) is 5.92 Å². The van der Waals surface area contributed by atoms with E-state index in [1.54, 1.807) is 6.20 Å². The Morgan fingerprint density at radius 1 is 1.47 bits per heavy atom. The molecule has 0 saturated carbocycles. The summed E-state index contributed by atoms with van der Waals surface area (Å²) in [6.07, 6.45) is 6.99. The highest BCUT2D eigenvalue weighted by Gasteiger charge is 2.08. The van der Waals surface area contributed by atoms with Crippen LogP contribution in [0.25, 0.3) is 0 Å². The molecule has 1 aromatic rings. The first-order valence-electron chi connectivity index (χ1n) is 6.49. The summed E-state index contributed by atoms with van der Waals surface area (Å²) in [6.45, 7) is 6.33. The van der Waals surface area contributed by atoms with Gasteiger partial charge in [0.25, 0.3) is 0 Å². The van der Waals surface area contributed by atoms with Crippen LogP contribution in [0.1, 0.15) is 50.8 Å². The second-order valence-corrected chi connectivity index (χ2v) is 4.71. The Kier molecular flexibility index (Phi) is 5.81. The molecular weight excluding hydrogens is 210 g/mol. The Balaban J connectivity index is 2.33. The smallest absolute Gasteiger partial charge is 0.0632 e.